The number of aromatic hydroxyl groups is 1. The summed E-state index contributed by atoms with van der Waals surface area (Å²) >= 11 is 0. The molecule has 0 fully saturated rings. The number of phenols is 1. The first-order valence-electron chi connectivity index (χ1n) is 8.59. The lowest BCUT2D eigenvalue weighted by atomic mass is 9.87. The number of fused-ring (bicyclic) bond motifs is 1. The van der Waals surface area contributed by atoms with Crippen molar-refractivity contribution in [3.05, 3.63) is 46.6 Å². The number of ether oxygens (including phenoxy) is 1. The molecule has 0 aromatic heterocycles. The highest BCUT2D eigenvalue weighted by atomic mass is 16.5. The van der Waals surface area contributed by atoms with Crippen LogP contribution in [0.2, 0.25) is 0 Å². The van der Waals surface area contributed by atoms with Crippen LogP contribution in [0.1, 0.15) is 64.5 Å². The molecule has 2 nitrogen and oxygen atoms in total. The molecule has 0 aliphatic carbocycles. The minimum atomic E-state index is -0.176. The Labute approximate surface area is 140 Å². The Kier molecular flexibility index (Phi) is 5.56. The van der Waals surface area contributed by atoms with Gasteiger partial charge in [0.25, 0.3) is 0 Å². The van der Waals surface area contributed by atoms with Gasteiger partial charge in [0.15, 0.2) is 0 Å². The first kappa shape index (κ1) is 17.7. The van der Waals surface area contributed by atoms with Crippen molar-refractivity contribution in [3.8, 4) is 11.5 Å². The van der Waals surface area contributed by atoms with E-state index in [2.05, 4.69) is 39.8 Å². The van der Waals surface area contributed by atoms with Crippen molar-refractivity contribution in [1.82, 2.24) is 0 Å². The summed E-state index contributed by atoms with van der Waals surface area (Å²) in [6.45, 7) is 10.7. The van der Waals surface area contributed by atoms with Crippen molar-refractivity contribution < 1.29 is 9.84 Å². The van der Waals surface area contributed by atoms with E-state index in [0.29, 0.717) is 5.75 Å². The van der Waals surface area contributed by atoms with Crippen LogP contribution < -0.4 is 4.74 Å². The Hall–Kier alpha value is -1.70. The van der Waals surface area contributed by atoms with E-state index in [0.717, 1.165) is 43.4 Å². The van der Waals surface area contributed by atoms with Crippen LogP contribution in [0.3, 0.4) is 0 Å². The standard InChI is InChI=1S/C21H30O2/c1-15(2)7-6-8-16(3)9-11-21(5)12-10-19-17(4)13-18(22)14-20(19)23-21/h7,9,13-14,22H,6,8,10-12H2,1-5H3/b16-9+. The molecule has 0 radical (unpaired) electrons. The Morgan fingerprint density at radius 2 is 2.00 bits per heavy atom. The molecule has 1 aromatic rings. The predicted octanol–water partition coefficient (Wildman–Crippen LogP) is 5.87. The molecule has 1 atom stereocenters. The topological polar surface area (TPSA) is 29.5 Å². The summed E-state index contributed by atoms with van der Waals surface area (Å²) in [5.74, 6) is 1.14. The lowest BCUT2D eigenvalue weighted by molar-refractivity contribution is 0.0674. The quantitative estimate of drug-likeness (QED) is 0.689. The lowest BCUT2D eigenvalue weighted by Crippen LogP contribution is -2.36. The Morgan fingerprint density at radius 3 is 2.70 bits per heavy atom. The summed E-state index contributed by atoms with van der Waals surface area (Å²) in [6.07, 6.45) is 9.78. The van der Waals surface area contributed by atoms with E-state index in [4.69, 9.17) is 4.74 Å². The normalized spacial score (nSPS) is 20.7. The second kappa shape index (κ2) is 7.25. The van der Waals surface area contributed by atoms with Crippen LogP contribution in [-0.4, -0.2) is 10.7 Å². The van der Waals surface area contributed by atoms with Crippen molar-refractivity contribution in [1.29, 1.82) is 0 Å². The first-order chi connectivity index (χ1) is 10.8. The van der Waals surface area contributed by atoms with Gasteiger partial charge in [0.1, 0.15) is 17.1 Å². The molecule has 1 unspecified atom stereocenters. The SMILES string of the molecule is CC(C)=CCC/C(C)=C/CC1(C)CCc2c(C)cc(O)cc2O1. The molecular weight excluding hydrogens is 284 g/mol. The molecule has 0 saturated heterocycles. The van der Waals surface area contributed by atoms with E-state index in [1.54, 1.807) is 6.07 Å². The maximum Gasteiger partial charge on any atom is 0.127 e. The largest absolute Gasteiger partial charge is 0.508 e. The lowest BCUT2D eigenvalue weighted by Gasteiger charge is -2.36. The number of benzene rings is 1. The highest BCUT2D eigenvalue weighted by Gasteiger charge is 2.31. The van der Waals surface area contributed by atoms with Gasteiger partial charge in [-0.1, -0.05) is 23.3 Å². The van der Waals surface area contributed by atoms with Gasteiger partial charge in [-0.05, 0) is 77.5 Å². The maximum absolute atomic E-state index is 9.80. The van der Waals surface area contributed by atoms with Crippen LogP contribution in [-0.2, 0) is 6.42 Å². The Balaban J connectivity index is 2.02. The fourth-order valence-electron chi connectivity index (χ4n) is 3.11. The number of hydrogen-bond donors (Lipinski definition) is 1. The Morgan fingerprint density at radius 1 is 1.26 bits per heavy atom. The fourth-order valence-corrected chi connectivity index (χ4v) is 3.11. The van der Waals surface area contributed by atoms with Crippen molar-refractivity contribution in [2.75, 3.05) is 0 Å². The average molecular weight is 314 g/mol. The number of phenolic OH excluding ortho intramolecular Hbond substituents is 1. The van der Waals surface area contributed by atoms with E-state index in [1.807, 2.05) is 13.0 Å². The summed E-state index contributed by atoms with van der Waals surface area (Å²) < 4.78 is 6.26. The molecule has 0 bridgehead atoms. The molecule has 1 aliphatic rings. The van der Waals surface area contributed by atoms with E-state index < -0.39 is 0 Å². The molecule has 126 valence electrons. The summed E-state index contributed by atoms with van der Waals surface area (Å²) in [4.78, 5) is 0. The van der Waals surface area contributed by atoms with Gasteiger partial charge >= 0.3 is 0 Å². The van der Waals surface area contributed by atoms with Gasteiger partial charge in [-0.2, -0.15) is 0 Å². The molecule has 1 heterocycles. The summed E-state index contributed by atoms with van der Waals surface area (Å²) in [7, 11) is 0. The number of rotatable bonds is 5. The summed E-state index contributed by atoms with van der Waals surface area (Å²) in [5.41, 5.74) is 4.99. The van der Waals surface area contributed by atoms with Crippen LogP contribution >= 0.6 is 0 Å². The van der Waals surface area contributed by atoms with Crippen molar-refractivity contribution >= 4 is 0 Å². The molecule has 0 spiro atoms. The molecule has 2 rings (SSSR count). The zero-order valence-corrected chi connectivity index (χ0v) is 15.2. The third kappa shape index (κ3) is 4.89. The van der Waals surface area contributed by atoms with Crippen LogP contribution in [0.4, 0.5) is 0 Å². The monoisotopic (exact) mass is 314 g/mol. The second-order valence-corrected chi connectivity index (χ2v) is 7.37. The molecule has 2 heteroatoms. The Bertz CT molecular complexity index is 621. The summed E-state index contributed by atoms with van der Waals surface area (Å²) in [5, 5.41) is 9.80. The highest BCUT2D eigenvalue weighted by molar-refractivity contribution is 5.47. The van der Waals surface area contributed by atoms with Crippen LogP contribution in [0, 0.1) is 6.92 Å². The van der Waals surface area contributed by atoms with Crippen LogP contribution in [0.15, 0.2) is 35.4 Å². The maximum atomic E-state index is 9.80. The predicted molar refractivity (Wildman–Crippen MR) is 97.2 cm³/mol. The zero-order valence-electron chi connectivity index (χ0n) is 15.2. The third-order valence-corrected chi connectivity index (χ3v) is 4.65. The van der Waals surface area contributed by atoms with E-state index in [-0.39, 0.29) is 5.60 Å². The summed E-state index contributed by atoms with van der Waals surface area (Å²) in [6, 6.07) is 3.57. The second-order valence-electron chi connectivity index (χ2n) is 7.37. The third-order valence-electron chi connectivity index (χ3n) is 4.65. The molecular formula is C21H30O2. The molecule has 1 aliphatic heterocycles. The number of allylic oxidation sites excluding steroid dienone is 3. The van der Waals surface area contributed by atoms with Gasteiger partial charge in [0.05, 0.1) is 0 Å². The van der Waals surface area contributed by atoms with Gasteiger partial charge in [0, 0.05) is 12.5 Å². The molecule has 23 heavy (non-hydrogen) atoms. The smallest absolute Gasteiger partial charge is 0.127 e. The number of hydrogen-bond acceptors (Lipinski definition) is 2. The fraction of sp³-hybridized carbons (Fsp3) is 0.524. The van der Waals surface area contributed by atoms with Gasteiger partial charge in [0.2, 0.25) is 0 Å². The molecule has 0 amide bonds. The van der Waals surface area contributed by atoms with Crippen molar-refractivity contribution in [2.24, 2.45) is 0 Å². The van der Waals surface area contributed by atoms with Crippen molar-refractivity contribution in [2.45, 2.75) is 72.3 Å². The molecule has 1 aromatic carbocycles. The zero-order chi connectivity index (χ0) is 17.0. The minimum Gasteiger partial charge on any atom is -0.508 e. The van der Waals surface area contributed by atoms with E-state index >= 15 is 0 Å². The van der Waals surface area contributed by atoms with Gasteiger partial charge in [-0.15, -0.1) is 0 Å². The average Bonchev–Trinajstić information content (AvgIpc) is 2.44. The van der Waals surface area contributed by atoms with Crippen LogP contribution in [0.5, 0.6) is 11.5 Å². The van der Waals surface area contributed by atoms with Crippen molar-refractivity contribution in [3.63, 3.8) is 0 Å². The molecule has 1 N–H and O–H groups in total. The van der Waals surface area contributed by atoms with E-state index in [9.17, 15) is 5.11 Å². The van der Waals surface area contributed by atoms with E-state index in [1.165, 1.54) is 16.7 Å². The molecule has 0 saturated carbocycles. The van der Waals surface area contributed by atoms with Gasteiger partial charge in [-0.3, -0.25) is 0 Å². The van der Waals surface area contributed by atoms with Gasteiger partial charge in [-0.25, -0.2) is 0 Å². The highest BCUT2D eigenvalue weighted by Crippen LogP contribution is 2.39. The van der Waals surface area contributed by atoms with Crippen LogP contribution in [0.25, 0.3) is 0 Å². The number of aryl methyl sites for hydroxylation is 1. The first-order valence-corrected chi connectivity index (χ1v) is 8.59. The van der Waals surface area contributed by atoms with Gasteiger partial charge < -0.3 is 9.84 Å². The minimum absolute atomic E-state index is 0.176.